The zero-order valence-corrected chi connectivity index (χ0v) is 11.0. The van der Waals surface area contributed by atoms with Gasteiger partial charge >= 0.3 is 6.18 Å². The third kappa shape index (κ3) is 5.46. The number of anilines is 1. The number of benzene rings is 1. The van der Waals surface area contributed by atoms with E-state index in [2.05, 4.69) is 0 Å². The first-order chi connectivity index (χ1) is 8.69. The normalized spacial score (nSPS) is 13.4. The van der Waals surface area contributed by atoms with Gasteiger partial charge in [-0.3, -0.25) is 0 Å². The van der Waals surface area contributed by atoms with Crippen LogP contribution in [0, 0.1) is 5.82 Å². The molecule has 0 aliphatic heterocycles. The summed E-state index contributed by atoms with van der Waals surface area (Å²) in [6.45, 7) is 1.54. The van der Waals surface area contributed by atoms with Crippen LogP contribution in [-0.2, 0) is 6.42 Å². The average Bonchev–Trinajstić information content (AvgIpc) is 2.24. The Balaban J connectivity index is 2.73. The van der Waals surface area contributed by atoms with Gasteiger partial charge in [0.05, 0.1) is 12.1 Å². The monoisotopic (exact) mass is 278 g/mol. The molecule has 0 saturated carbocycles. The van der Waals surface area contributed by atoms with Crippen molar-refractivity contribution >= 4 is 5.69 Å². The van der Waals surface area contributed by atoms with Crippen LogP contribution in [0.4, 0.5) is 23.2 Å². The molecule has 19 heavy (non-hydrogen) atoms. The topological polar surface area (TPSA) is 29.3 Å². The van der Waals surface area contributed by atoms with Gasteiger partial charge in [-0.05, 0) is 31.0 Å². The fourth-order valence-corrected chi connectivity index (χ4v) is 1.77. The van der Waals surface area contributed by atoms with Crippen LogP contribution < -0.4 is 10.6 Å². The minimum atomic E-state index is -4.24. The van der Waals surface area contributed by atoms with E-state index in [4.69, 9.17) is 5.73 Å². The van der Waals surface area contributed by atoms with Gasteiger partial charge in [-0.2, -0.15) is 13.2 Å². The highest BCUT2D eigenvalue weighted by Crippen LogP contribution is 2.24. The maximum Gasteiger partial charge on any atom is 0.390 e. The SMILES string of the molecule is CC(N)Cc1ccc(N(C)CCC(F)(F)F)c(F)c1. The molecular formula is C13H18F4N2. The highest BCUT2D eigenvalue weighted by molar-refractivity contribution is 5.48. The second-order valence-electron chi connectivity index (χ2n) is 4.75. The van der Waals surface area contributed by atoms with Crippen molar-refractivity contribution in [2.75, 3.05) is 18.5 Å². The van der Waals surface area contributed by atoms with Crippen LogP contribution in [0.5, 0.6) is 0 Å². The molecule has 1 aromatic rings. The quantitative estimate of drug-likeness (QED) is 0.839. The van der Waals surface area contributed by atoms with Gasteiger partial charge in [0.2, 0.25) is 0 Å². The molecule has 1 unspecified atom stereocenters. The van der Waals surface area contributed by atoms with Gasteiger partial charge in [0.25, 0.3) is 0 Å². The van der Waals surface area contributed by atoms with E-state index >= 15 is 0 Å². The highest BCUT2D eigenvalue weighted by atomic mass is 19.4. The molecule has 1 atom stereocenters. The van der Waals surface area contributed by atoms with E-state index in [0.29, 0.717) is 6.42 Å². The summed E-state index contributed by atoms with van der Waals surface area (Å²) >= 11 is 0. The molecule has 2 nitrogen and oxygen atoms in total. The molecule has 2 N–H and O–H groups in total. The van der Waals surface area contributed by atoms with E-state index in [1.54, 1.807) is 13.0 Å². The number of nitrogens with zero attached hydrogens (tertiary/aromatic N) is 1. The third-order valence-electron chi connectivity index (χ3n) is 2.71. The van der Waals surface area contributed by atoms with E-state index < -0.39 is 18.4 Å². The first-order valence-electron chi connectivity index (χ1n) is 6.01. The molecule has 0 heterocycles. The Kier molecular flexibility index (Phi) is 5.17. The van der Waals surface area contributed by atoms with Crippen LogP contribution in [0.25, 0.3) is 0 Å². The summed E-state index contributed by atoms with van der Waals surface area (Å²) in [5, 5.41) is 0. The first kappa shape index (κ1) is 15.8. The predicted molar refractivity (Wildman–Crippen MR) is 67.7 cm³/mol. The summed E-state index contributed by atoms with van der Waals surface area (Å²) in [5.41, 5.74) is 6.51. The van der Waals surface area contributed by atoms with Gasteiger partial charge in [-0.25, -0.2) is 4.39 Å². The van der Waals surface area contributed by atoms with Gasteiger partial charge < -0.3 is 10.6 Å². The number of halogens is 4. The summed E-state index contributed by atoms with van der Waals surface area (Å²) in [4.78, 5) is 1.26. The molecular weight excluding hydrogens is 260 g/mol. The van der Waals surface area contributed by atoms with Crippen molar-refractivity contribution in [2.45, 2.75) is 32.0 Å². The molecule has 6 heteroatoms. The molecule has 0 bridgehead atoms. The van der Waals surface area contributed by atoms with Crippen molar-refractivity contribution in [2.24, 2.45) is 5.73 Å². The van der Waals surface area contributed by atoms with Crippen LogP contribution in [0.2, 0.25) is 0 Å². The Morgan fingerprint density at radius 2 is 1.95 bits per heavy atom. The predicted octanol–water partition coefficient (Wildman–Crippen LogP) is 3.10. The van der Waals surface area contributed by atoms with Gasteiger partial charge in [0.15, 0.2) is 0 Å². The van der Waals surface area contributed by atoms with E-state index in [1.807, 2.05) is 0 Å². The highest BCUT2D eigenvalue weighted by Gasteiger charge is 2.27. The Morgan fingerprint density at radius 3 is 2.42 bits per heavy atom. The van der Waals surface area contributed by atoms with Gasteiger partial charge in [0, 0.05) is 19.6 Å². The Morgan fingerprint density at radius 1 is 1.32 bits per heavy atom. The van der Waals surface area contributed by atoms with Crippen molar-refractivity contribution < 1.29 is 17.6 Å². The summed E-state index contributed by atoms with van der Waals surface area (Å²) in [7, 11) is 1.44. The summed E-state index contributed by atoms with van der Waals surface area (Å²) in [6, 6.07) is 4.41. The van der Waals surface area contributed by atoms with Crippen molar-refractivity contribution in [3.8, 4) is 0 Å². The van der Waals surface area contributed by atoms with E-state index in [0.717, 1.165) is 5.56 Å². The van der Waals surface area contributed by atoms with Crippen LogP contribution in [0.1, 0.15) is 18.9 Å². The van der Waals surface area contributed by atoms with Gasteiger partial charge in [-0.1, -0.05) is 6.07 Å². The first-order valence-corrected chi connectivity index (χ1v) is 6.01. The lowest BCUT2D eigenvalue weighted by molar-refractivity contribution is -0.132. The van der Waals surface area contributed by atoms with E-state index in [9.17, 15) is 17.6 Å². The second-order valence-corrected chi connectivity index (χ2v) is 4.75. The molecule has 0 radical (unpaired) electrons. The van der Waals surface area contributed by atoms with Crippen LogP contribution in [0.3, 0.4) is 0 Å². The van der Waals surface area contributed by atoms with Crippen LogP contribution in [-0.4, -0.2) is 25.8 Å². The number of alkyl halides is 3. The van der Waals surface area contributed by atoms with E-state index in [-0.39, 0.29) is 18.3 Å². The maximum atomic E-state index is 13.8. The standard InChI is InChI=1S/C13H18F4N2/c1-9(18)7-10-3-4-12(11(14)8-10)19(2)6-5-13(15,16)17/h3-4,8-9H,5-7,18H2,1-2H3. The molecule has 0 aliphatic rings. The zero-order chi connectivity index (χ0) is 14.6. The minimum absolute atomic E-state index is 0.0896. The third-order valence-corrected chi connectivity index (χ3v) is 2.71. The smallest absolute Gasteiger partial charge is 0.372 e. The lowest BCUT2D eigenvalue weighted by Gasteiger charge is -2.21. The molecule has 0 saturated heterocycles. The van der Waals surface area contributed by atoms with Gasteiger partial charge in [-0.15, -0.1) is 0 Å². The molecule has 0 aromatic heterocycles. The van der Waals surface area contributed by atoms with E-state index in [1.165, 1.54) is 24.1 Å². The van der Waals surface area contributed by atoms with Crippen molar-refractivity contribution in [1.82, 2.24) is 0 Å². The van der Waals surface area contributed by atoms with Crippen LogP contribution >= 0.6 is 0 Å². The largest absolute Gasteiger partial charge is 0.390 e. The van der Waals surface area contributed by atoms with Crippen molar-refractivity contribution in [3.63, 3.8) is 0 Å². The molecule has 0 amide bonds. The maximum absolute atomic E-state index is 13.8. The molecule has 108 valence electrons. The molecule has 0 aliphatic carbocycles. The molecule has 0 spiro atoms. The Hall–Kier alpha value is -1.30. The second kappa shape index (κ2) is 6.23. The molecule has 0 fully saturated rings. The Bertz CT molecular complexity index is 416. The van der Waals surface area contributed by atoms with Crippen molar-refractivity contribution in [1.29, 1.82) is 0 Å². The fourth-order valence-electron chi connectivity index (χ4n) is 1.77. The number of hydrogen-bond donors (Lipinski definition) is 1. The fraction of sp³-hybridized carbons (Fsp3) is 0.538. The minimum Gasteiger partial charge on any atom is -0.372 e. The van der Waals surface area contributed by atoms with Gasteiger partial charge in [0.1, 0.15) is 5.82 Å². The molecule has 1 rings (SSSR count). The molecule has 1 aromatic carbocycles. The lowest BCUT2D eigenvalue weighted by Crippen LogP contribution is -2.25. The number of rotatable bonds is 5. The lowest BCUT2D eigenvalue weighted by atomic mass is 10.1. The summed E-state index contributed by atoms with van der Waals surface area (Å²) in [6.07, 6.45) is -4.67. The average molecular weight is 278 g/mol. The summed E-state index contributed by atoms with van der Waals surface area (Å²) < 4.78 is 50.1. The zero-order valence-electron chi connectivity index (χ0n) is 11.0. The number of hydrogen-bond acceptors (Lipinski definition) is 2. The Labute approximate surface area is 110 Å². The summed E-state index contributed by atoms with van der Waals surface area (Å²) in [5.74, 6) is -0.525. The van der Waals surface area contributed by atoms with Crippen molar-refractivity contribution in [3.05, 3.63) is 29.6 Å². The van der Waals surface area contributed by atoms with Crippen LogP contribution in [0.15, 0.2) is 18.2 Å². The number of nitrogens with two attached hydrogens (primary N) is 1.